The number of nitrogens with two attached hydrogens (primary N) is 1. The summed E-state index contributed by atoms with van der Waals surface area (Å²) < 4.78 is 5.51. The molecular weight excluding hydrogens is 779 g/mol. The first-order chi connectivity index (χ1) is 30.0. The minimum atomic E-state index is -1.21. The van der Waals surface area contributed by atoms with Crippen LogP contribution < -0.4 is 21.1 Å². The smallest absolute Gasteiger partial charge is 0.160 e. The number of carbonyl (C=O) groups excluding carboxylic acids is 2. The first kappa shape index (κ1) is 44.0. The highest BCUT2D eigenvalue weighted by molar-refractivity contribution is 5.89. The zero-order valence-corrected chi connectivity index (χ0v) is 36.2. The van der Waals surface area contributed by atoms with Gasteiger partial charge in [0.2, 0.25) is 0 Å². The summed E-state index contributed by atoms with van der Waals surface area (Å²) in [7, 11) is 1.51. The number of phenolic OH excluding ortho intramolecular Hbond substituents is 1. The Kier molecular flexibility index (Phi) is 13.7. The third-order valence-electron chi connectivity index (χ3n) is 15.2. The van der Waals surface area contributed by atoms with Crippen LogP contribution >= 0.6 is 0 Å². The first-order valence-electron chi connectivity index (χ1n) is 23.1. The molecule has 3 aromatic rings. The van der Waals surface area contributed by atoms with Crippen LogP contribution in [0.3, 0.4) is 0 Å². The maximum atomic E-state index is 14.4. The highest BCUT2D eigenvalue weighted by Crippen LogP contribution is 2.47. The van der Waals surface area contributed by atoms with Gasteiger partial charge in [-0.25, -0.2) is 0 Å². The van der Waals surface area contributed by atoms with Crippen molar-refractivity contribution < 1.29 is 34.8 Å². The van der Waals surface area contributed by atoms with Crippen LogP contribution in [0.5, 0.6) is 11.5 Å². The van der Waals surface area contributed by atoms with Gasteiger partial charge in [0, 0.05) is 50.3 Å². The van der Waals surface area contributed by atoms with Crippen LogP contribution in [0.2, 0.25) is 0 Å². The van der Waals surface area contributed by atoms with Gasteiger partial charge >= 0.3 is 0 Å². The monoisotopic (exact) mass is 843 g/mol. The number of fused-ring (bicyclic) bond motifs is 3. The molecule has 0 bridgehead atoms. The van der Waals surface area contributed by atoms with E-state index in [1.54, 1.807) is 12.1 Å². The van der Waals surface area contributed by atoms with Gasteiger partial charge in [0.1, 0.15) is 11.2 Å². The van der Waals surface area contributed by atoms with E-state index in [9.17, 15) is 30.0 Å². The number of dihydropyridines is 1. The number of benzene rings is 3. The second-order valence-corrected chi connectivity index (χ2v) is 19.0. The summed E-state index contributed by atoms with van der Waals surface area (Å²) in [6, 6.07) is 18.5. The zero-order chi connectivity index (χ0) is 43.4. The van der Waals surface area contributed by atoms with E-state index in [1.807, 2.05) is 18.2 Å². The molecule has 2 aliphatic heterocycles. The summed E-state index contributed by atoms with van der Waals surface area (Å²) in [4.78, 5) is 26.5. The number of aliphatic hydroxyl groups excluding tert-OH is 3. The van der Waals surface area contributed by atoms with Crippen molar-refractivity contribution in [2.75, 3.05) is 26.8 Å². The lowest BCUT2D eigenvalue weighted by molar-refractivity contribution is -0.134. The number of phenols is 1. The number of Topliss-reactive ketones (excluding diaryl/α,β-unsaturated/α-hetero) is 2. The Balaban J connectivity index is 1.01. The van der Waals surface area contributed by atoms with Crippen LogP contribution in [0.15, 0.2) is 78.1 Å². The number of ketones is 2. The Morgan fingerprint density at radius 3 is 2.65 bits per heavy atom. The summed E-state index contributed by atoms with van der Waals surface area (Å²) in [6.45, 7) is 1.56. The van der Waals surface area contributed by atoms with E-state index in [4.69, 9.17) is 10.5 Å². The van der Waals surface area contributed by atoms with E-state index < -0.39 is 23.5 Å². The Hall–Kier alpha value is -4.66. The van der Waals surface area contributed by atoms with E-state index in [0.29, 0.717) is 93.5 Å². The number of hydrogen-bond acceptors (Lipinski definition) is 10. The zero-order valence-electron chi connectivity index (χ0n) is 36.2. The Morgan fingerprint density at radius 1 is 1.02 bits per heavy atom. The van der Waals surface area contributed by atoms with Crippen molar-refractivity contribution in [3.63, 3.8) is 0 Å². The number of methoxy groups -OCH3 is 1. The minimum Gasteiger partial charge on any atom is -0.504 e. The predicted molar refractivity (Wildman–Crippen MR) is 241 cm³/mol. The lowest BCUT2D eigenvalue weighted by atomic mass is 9.63. The molecule has 2 saturated carbocycles. The van der Waals surface area contributed by atoms with Crippen LogP contribution in [0.25, 0.3) is 10.8 Å². The molecule has 8 rings (SSSR count). The Bertz CT molecular complexity index is 2240. The number of aryl methyl sites for hydroxylation is 1. The Morgan fingerprint density at radius 2 is 1.85 bits per heavy atom. The second-order valence-electron chi connectivity index (χ2n) is 19.0. The molecular formula is C52H65N3O7. The molecule has 1 spiro atoms. The van der Waals surface area contributed by atoms with Gasteiger partial charge < -0.3 is 41.5 Å². The van der Waals surface area contributed by atoms with Crippen LogP contribution in [0.1, 0.15) is 112 Å². The second kappa shape index (κ2) is 19.4. The number of hydrogen-bond donors (Lipinski definition) is 7. The van der Waals surface area contributed by atoms with E-state index in [-0.39, 0.29) is 48.4 Å². The molecule has 10 heteroatoms. The number of ether oxygens (including phenoxy) is 1. The molecule has 0 radical (unpaired) electrons. The highest BCUT2D eigenvalue weighted by Gasteiger charge is 2.48. The van der Waals surface area contributed by atoms with Crippen LogP contribution in [-0.4, -0.2) is 77.0 Å². The van der Waals surface area contributed by atoms with E-state index in [0.717, 1.165) is 65.3 Å². The van der Waals surface area contributed by atoms with Crippen molar-refractivity contribution in [3.8, 4) is 23.3 Å². The molecule has 5 aliphatic rings. The average Bonchev–Trinajstić information content (AvgIpc) is 3.32. The van der Waals surface area contributed by atoms with Gasteiger partial charge in [-0.3, -0.25) is 9.59 Å². The summed E-state index contributed by atoms with van der Waals surface area (Å²) in [5, 5.41) is 54.2. The molecule has 330 valence electrons. The molecule has 10 nitrogen and oxygen atoms in total. The van der Waals surface area contributed by atoms with Crippen molar-refractivity contribution in [2.24, 2.45) is 34.8 Å². The maximum Gasteiger partial charge on any atom is 0.160 e. The fraction of sp³-hybridized carbons (Fsp3) is 0.538. The first-order valence-corrected chi connectivity index (χ1v) is 23.1. The van der Waals surface area contributed by atoms with Crippen LogP contribution in [0.4, 0.5) is 0 Å². The summed E-state index contributed by atoms with van der Waals surface area (Å²) >= 11 is 0. The molecule has 3 aliphatic carbocycles. The molecule has 0 aromatic heterocycles. The number of allylic oxidation sites excluding steroid dienone is 2. The molecule has 3 aromatic carbocycles. The fourth-order valence-corrected chi connectivity index (χ4v) is 11.6. The topological polar surface area (TPSA) is 174 Å². The molecule has 1 saturated heterocycles. The number of aromatic hydroxyl groups is 1. The third kappa shape index (κ3) is 9.62. The molecule has 8 N–H and O–H groups in total. The Labute approximate surface area is 366 Å². The maximum absolute atomic E-state index is 14.4. The van der Waals surface area contributed by atoms with Crippen molar-refractivity contribution >= 4 is 22.3 Å². The normalized spacial score (nSPS) is 29.0. The van der Waals surface area contributed by atoms with Gasteiger partial charge in [-0.05, 0) is 152 Å². The fourth-order valence-electron chi connectivity index (χ4n) is 11.6. The SMILES string of the molecule is COc1cc2c(cc1O)[C@@H](CC[C@H](O)C[C@H](C1=CCNC(N)=C1)c1ccc3ccccc3c1)C#C[C@@]1(CC[C@H](C[C@H](CCO)[C@@H]3CN[C@@H]4CC(=O)CC[C@@H]4C3)C[C@H]1O)C(=O)CC2. The molecule has 62 heavy (non-hydrogen) atoms. The van der Waals surface area contributed by atoms with Crippen molar-refractivity contribution in [2.45, 2.75) is 120 Å². The lowest BCUT2D eigenvalue weighted by Gasteiger charge is -2.44. The van der Waals surface area contributed by atoms with Gasteiger partial charge in [-0.15, -0.1) is 0 Å². The summed E-state index contributed by atoms with van der Waals surface area (Å²) in [5.74, 6) is 8.95. The highest BCUT2D eigenvalue weighted by atomic mass is 16.5. The molecule has 10 atom stereocenters. The van der Waals surface area contributed by atoms with Gasteiger partial charge in [-0.1, -0.05) is 60.4 Å². The molecule has 0 unspecified atom stereocenters. The number of nitrogens with one attached hydrogen (secondary N) is 2. The average molecular weight is 844 g/mol. The van der Waals surface area contributed by atoms with E-state index >= 15 is 0 Å². The van der Waals surface area contributed by atoms with Crippen molar-refractivity contribution in [3.05, 3.63) is 94.8 Å². The number of piperidine rings is 1. The number of rotatable bonds is 13. The third-order valence-corrected chi connectivity index (χ3v) is 15.2. The molecule has 3 fully saturated rings. The summed E-state index contributed by atoms with van der Waals surface area (Å²) in [6.07, 6.45) is 10.9. The van der Waals surface area contributed by atoms with E-state index in [1.165, 1.54) is 7.11 Å². The van der Waals surface area contributed by atoms with Crippen LogP contribution in [0, 0.1) is 40.9 Å². The van der Waals surface area contributed by atoms with Crippen LogP contribution in [-0.2, 0) is 16.0 Å². The number of carbonyl (C=O) groups is 2. The standard InChI is InChI=1S/C52H65N3O7/c1-62-48-26-38-10-13-49(60)52(18-14-32(23-50(52)61)22-36(17-21-56)41-25-40-9-12-43(58)29-46(40)55-31-41)19-15-34(45(38)30-47(48)59)8-11-42(57)28-44(39-16-20-54-51(53)27-39)37-7-6-33-4-2-3-5-35(33)24-37/h2-7,16,24,26-27,30,32,34,36,40-42,44,46,50,54-57,59,61H,8-14,17-18,20-23,25,28-29,31,53H2,1H3/t32-,34+,36+,40-,41+,42+,44+,46-,50-,52+/m1/s1. The quantitative estimate of drug-likeness (QED) is 0.0920. The summed E-state index contributed by atoms with van der Waals surface area (Å²) in [5.41, 5.74) is 8.88. The van der Waals surface area contributed by atoms with Gasteiger partial charge in [0.25, 0.3) is 0 Å². The van der Waals surface area contributed by atoms with Gasteiger partial charge in [0.15, 0.2) is 17.3 Å². The van der Waals surface area contributed by atoms with E-state index in [2.05, 4.69) is 58.9 Å². The molecule has 2 heterocycles. The minimum absolute atomic E-state index is 0.00360. The lowest BCUT2D eigenvalue weighted by Crippen LogP contribution is -2.50. The van der Waals surface area contributed by atoms with Crippen molar-refractivity contribution in [1.29, 1.82) is 0 Å². The van der Waals surface area contributed by atoms with Gasteiger partial charge in [-0.2, -0.15) is 0 Å². The largest absolute Gasteiger partial charge is 0.504 e. The van der Waals surface area contributed by atoms with Gasteiger partial charge in [0.05, 0.1) is 25.1 Å². The predicted octanol–water partition coefficient (Wildman–Crippen LogP) is 6.68. The van der Waals surface area contributed by atoms with Crippen molar-refractivity contribution in [1.82, 2.24) is 10.6 Å². The number of aliphatic hydroxyl groups is 3. The molecule has 0 amide bonds.